The number of rotatable bonds is 5. The molecular weight excluding hydrogens is 327 g/mol. The third-order valence-corrected chi connectivity index (χ3v) is 3.79. The number of non-ortho nitro benzene ring substituents is 1. The van der Waals surface area contributed by atoms with Crippen LogP contribution in [-0.4, -0.2) is 27.8 Å². The topological polar surface area (TPSA) is 90.2 Å². The van der Waals surface area contributed by atoms with E-state index in [1.165, 1.54) is 10.8 Å². The SMILES string of the molecule is CPN(N)c1nn(CC(F)F)c2c([N+](=O)[O-])ccc(Cl)c12. The fourth-order valence-corrected chi connectivity index (χ4v) is 2.53. The lowest BCUT2D eigenvalue weighted by Crippen LogP contribution is -2.21. The minimum absolute atomic E-state index is 0.0588. The van der Waals surface area contributed by atoms with E-state index in [-0.39, 0.29) is 36.2 Å². The van der Waals surface area contributed by atoms with Crippen molar-refractivity contribution in [3.8, 4) is 0 Å². The third-order valence-electron chi connectivity index (χ3n) is 2.78. The second-order valence-corrected chi connectivity index (χ2v) is 5.37. The van der Waals surface area contributed by atoms with Gasteiger partial charge in [0.25, 0.3) is 12.1 Å². The zero-order valence-corrected chi connectivity index (χ0v) is 12.5. The number of benzene rings is 1. The lowest BCUT2D eigenvalue weighted by Gasteiger charge is -2.12. The summed E-state index contributed by atoms with van der Waals surface area (Å²) < 4.78 is 27.4. The number of hydrazine groups is 1. The predicted molar refractivity (Wildman–Crippen MR) is 78.3 cm³/mol. The molecule has 0 aliphatic rings. The molecule has 1 unspecified atom stereocenters. The van der Waals surface area contributed by atoms with Crippen LogP contribution in [0.3, 0.4) is 0 Å². The number of hydrogen-bond donors (Lipinski definition) is 1. The zero-order valence-electron chi connectivity index (χ0n) is 10.8. The van der Waals surface area contributed by atoms with Crippen LogP contribution >= 0.6 is 20.3 Å². The number of aromatic nitrogens is 2. The summed E-state index contributed by atoms with van der Waals surface area (Å²) in [6, 6.07) is 2.49. The maximum atomic E-state index is 12.7. The monoisotopic (exact) mass is 337 g/mol. The zero-order chi connectivity index (χ0) is 15.7. The highest BCUT2D eigenvalue weighted by Crippen LogP contribution is 2.39. The Labute approximate surface area is 124 Å². The van der Waals surface area contributed by atoms with Gasteiger partial charge in [-0.2, -0.15) is 5.10 Å². The predicted octanol–water partition coefficient (Wildman–Crippen LogP) is 2.77. The third kappa shape index (κ3) is 2.90. The molecule has 2 rings (SSSR count). The van der Waals surface area contributed by atoms with Crippen molar-refractivity contribution < 1.29 is 13.7 Å². The van der Waals surface area contributed by atoms with Gasteiger partial charge in [-0.1, -0.05) is 11.6 Å². The Hall–Kier alpha value is -1.57. The number of nitro benzene ring substituents is 1. The van der Waals surface area contributed by atoms with E-state index in [2.05, 4.69) is 5.10 Å². The number of fused-ring (bicyclic) bond motifs is 1. The molecule has 0 aliphatic heterocycles. The van der Waals surface area contributed by atoms with Crippen molar-refractivity contribution in [2.24, 2.45) is 5.84 Å². The van der Waals surface area contributed by atoms with Crippen molar-refractivity contribution in [2.45, 2.75) is 13.0 Å². The first kappa shape index (κ1) is 15.8. The van der Waals surface area contributed by atoms with Gasteiger partial charge in [0, 0.05) is 6.07 Å². The van der Waals surface area contributed by atoms with Crippen LogP contribution in [0.2, 0.25) is 5.02 Å². The Kier molecular flexibility index (Phi) is 4.55. The highest BCUT2D eigenvalue weighted by molar-refractivity contribution is 7.38. The minimum atomic E-state index is -2.71. The van der Waals surface area contributed by atoms with E-state index in [4.69, 9.17) is 17.4 Å². The average molecular weight is 338 g/mol. The van der Waals surface area contributed by atoms with Crippen molar-refractivity contribution in [3.05, 3.63) is 27.3 Å². The van der Waals surface area contributed by atoms with Crippen molar-refractivity contribution in [2.75, 3.05) is 11.4 Å². The lowest BCUT2D eigenvalue weighted by molar-refractivity contribution is -0.383. The first-order valence-corrected chi connectivity index (χ1v) is 7.53. The fraction of sp³-hybridized carbons (Fsp3) is 0.300. The molecule has 0 fully saturated rings. The van der Waals surface area contributed by atoms with Gasteiger partial charge in [-0.05, 0) is 21.5 Å². The number of anilines is 1. The summed E-state index contributed by atoms with van der Waals surface area (Å²) in [4.78, 5) is 10.4. The fourth-order valence-electron chi connectivity index (χ4n) is 1.93. The van der Waals surface area contributed by atoms with Crippen LogP contribution in [0.1, 0.15) is 0 Å². The van der Waals surface area contributed by atoms with Gasteiger partial charge >= 0.3 is 0 Å². The Morgan fingerprint density at radius 2 is 2.29 bits per heavy atom. The maximum absolute atomic E-state index is 12.7. The summed E-state index contributed by atoms with van der Waals surface area (Å²) in [5.41, 5.74) is -0.405. The normalized spacial score (nSPS) is 11.9. The van der Waals surface area contributed by atoms with Crippen molar-refractivity contribution in [3.63, 3.8) is 0 Å². The van der Waals surface area contributed by atoms with E-state index in [0.717, 1.165) is 10.7 Å². The lowest BCUT2D eigenvalue weighted by atomic mass is 10.2. The molecule has 0 aliphatic carbocycles. The molecule has 2 aromatic rings. The van der Waals surface area contributed by atoms with Crippen molar-refractivity contribution in [1.29, 1.82) is 0 Å². The summed E-state index contributed by atoms with van der Waals surface area (Å²) >= 11 is 6.05. The molecule has 0 spiro atoms. The number of nitrogens with two attached hydrogens (primary N) is 1. The van der Waals surface area contributed by atoms with Crippen LogP contribution in [0.4, 0.5) is 20.3 Å². The molecule has 1 aromatic carbocycles. The largest absolute Gasteiger partial charge is 0.295 e. The molecular formula is C10H11ClF2N5O2P. The number of nitrogens with zero attached hydrogens (tertiary/aromatic N) is 4. The second-order valence-electron chi connectivity index (χ2n) is 4.04. The van der Waals surface area contributed by atoms with Crippen LogP contribution in [0.5, 0.6) is 0 Å². The Balaban J connectivity index is 2.82. The summed E-state index contributed by atoms with van der Waals surface area (Å²) in [5.74, 6) is 5.89. The van der Waals surface area contributed by atoms with Crippen LogP contribution < -0.4 is 10.6 Å². The van der Waals surface area contributed by atoms with Gasteiger partial charge in [0.15, 0.2) is 5.82 Å². The van der Waals surface area contributed by atoms with Gasteiger partial charge in [-0.25, -0.2) is 19.3 Å². The maximum Gasteiger partial charge on any atom is 0.295 e. The van der Waals surface area contributed by atoms with E-state index in [0.29, 0.717) is 0 Å². The van der Waals surface area contributed by atoms with E-state index >= 15 is 0 Å². The van der Waals surface area contributed by atoms with Gasteiger partial charge in [-0.15, -0.1) is 0 Å². The van der Waals surface area contributed by atoms with E-state index in [1.807, 2.05) is 0 Å². The molecule has 1 heterocycles. The number of halogens is 3. The van der Waals surface area contributed by atoms with E-state index < -0.39 is 17.9 Å². The van der Waals surface area contributed by atoms with Crippen LogP contribution in [0.25, 0.3) is 10.9 Å². The number of nitro groups is 1. The van der Waals surface area contributed by atoms with E-state index in [1.54, 1.807) is 6.66 Å². The Bertz CT molecular complexity index is 696. The average Bonchev–Trinajstić information content (AvgIpc) is 2.77. The molecule has 0 bridgehead atoms. The van der Waals surface area contributed by atoms with Gasteiger partial charge in [0.1, 0.15) is 12.1 Å². The van der Waals surface area contributed by atoms with Crippen LogP contribution in [0, 0.1) is 10.1 Å². The molecule has 0 amide bonds. The summed E-state index contributed by atoms with van der Waals surface area (Å²) in [6.07, 6.45) is -2.71. The molecule has 2 N–H and O–H groups in total. The summed E-state index contributed by atoms with van der Waals surface area (Å²) in [6.45, 7) is 0.974. The quantitative estimate of drug-likeness (QED) is 0.392. The molecule has 11 heteroatoms. The standard InChI is InChI=1S/C10H11ClF2N5O2P/c1-21-17(14)10-8-5(11)2-3-6(18(19)20)9(8)16(15-10)4-7(12)13/h2-3,7,21H,4,14H2,1H3. The smallest absolute Gasteiger partial charge is 0.275 e. The van der Waals surface area contributed by atoms with Crippen molar-refractivity contribution >= 4 is 42.7 Å². The molecule has 0 saturated carbocycles. The molecule has 0 radical (unpaired) electrons. The number of alkyl halides is 2. The van der Waals surface area contributed by atoms with Gasteiger partial charge in [-0.3, -0.25) is 14.9 Å². The van der Waals surface area contributed by atoms with Crippen LogP contribution in [0.15, 0.2) is 12.1 Å². The van der Waals surface area contributed by atoms with Crippen LogP contribution in [-0.2, 0) is 6.54 Å². The Morgan fingerprint density at radius 3 is 2.81 bits per heavy atom. The number of hydrogen-bond acceptors (Lipinski definition) is 5. The summed E-state index contributed by atoms with van der Waals surface area (Å²) in [7, 11) is 0.0885. The second kappa shape index (κ2) is 6.05. The molecule has 1 atom stereocenters. The van der Waals surface area contributed by atoms with Gasteiger partial charge < -0.3 is 0 Å². The highest BCUT2D eigenvalue weighted by Gasteiger charge is 2.26. The highest BCUT2D eigenvalue weighted by atomic mass is 35.5. The molecule has 21 heavy (non-hydrogen) atoms. The van der Waals surface area contributed by atoms with Crippen molar-refractivity contribution in [1.82, 2.24) is 9.78 Å². The first-order chi connectivity index (χ1) is 9.86. The summed E-state index contributed by atoms with van der Waals surface area (Å²) in [5, 5.41) is 15.4. The Morgan fingerprint density at radius 1 is 1.62 bits per heavy atom. The first-order valence-electron chi connectivity index (χ1n) is 5.70. The molecule has 0 saturated heterocycles. The van der Waals surface area contributed by atoms with Gasteiger partial charge in [0.05, 0.1) is 15.3 Å². The van der Waals surface area contributed by atoms with Gasteiger partial charge in [0.2, 0.25) is 0 Å². The molecule has 7 nitrogen and oxygen atoms in total. The minimum Gasteiger partial charge on any atom is -0.275 e. The molecule has 114 valence electrons. The van der Waals surface area contributed by atoms with E-state index in [9.17, 15) is 18.9 Å². The molecule has 1 aromatic heterocycles.